The number of aliphatic hydroxyl groups excluding tert-OH is 5. The van der Waals surface area contributed by atoms with Gasteiger partial charge in [-0.05, 0) is 122 Å². The first-order valence-corrected chi connectivity index (χ1v) is 33.0. The molecule has 0 bridgehead atoms. The molecule has 1 amide bonds. The van der Waals surface area contributed by atoms with Gasteiger partial charge in [0.05, 0.1) is 25.4 Å². The van der Waals surface area contributed by atoms with Crippen LogP contribution in [0.1, 0.15) is 245 Å². The van der Waals surface area contributed by atoms with Gasteiger partial charge in [0.2, 0.25) is 5.91 Å². The maximum atomic E-state index is 13.4. The fraction of sp³-hybridized carbons (Fsp3) is 0.667. The number of carbonyl (C=O) groups excluding carboxylic acids is 2. The second-order valence-electron chi connectivity index (χ2n) is 22.1. The van der Waals surface area contributed by atoms with Gasteiger partial charge in [-0.1, -0.05) is 251 Å². The Bertz CT molecular complexity index is 1860. The second kappa shape index (κ2) is 58.2. The Morgan fingerprint density at radius 1 is 0.482 bits per heavy atom. The lowest BCUT2D eigenvalue weighted by Gasteiger charge is -2.41. The molecule has 1 heterocycles. The van der Waals surface area contributed by atoms with Crippen molar-refractivity contribution in [3.63, 3.8) is 0 Å². The zero-order chi connectivity index (χ0) is 60.3. The molecular weight excluding hydrogens is 1040 g/mol. The topological polar surface area (TPSA) is 175 Å². The van der Waals surface area contributed by atoms with E-state index in [9.17, 15) is 35.1 Å². The van der Waals surface area contributed by atoms with Crippen LogP contribution >= 0.6 is 0 Å². The number of esters is 1. The van der Waals surface area contributed by atoms with Gasteiger partial charge >= 0.3 is 5.97 Å². The van der Waals surface area contributed by atoms with Crippen molar-refractivity contribution in [3.05, 3.63) is 134 Å². The number of ether oxygens (including phenoxy) is 3. The number of unbranched alkanes of at least 4 members (excludes halogenated alkanes) is 20. The van der Waals surface area contributed by atoms with Crippen molar-refractivity contribution in [2.75, 3.05) is 13.2 Å². The average Bonchev–Trinajstić information content (AvgIpc) is 3.50. The molecule has 0 radical (unpaired) electrons. The summed E-state index contributed by atoms with van der Waals surface area (Å²) in [4.78, 5) is 26.6. The molecule has 8 atom stereocenters. The number of carbonyl (C=O) groups is 2. The molecule has 1 fully saturated rings. The van der Waals surface area contributed by atoms with Gasteiger partial charge in [0.25, 0.3) is 0 Å². The van der Waals surface area contributed by atoms with E-state index in [1.54, 1.807) is 6.08 Å². The highest BCUT2D eigenvalue weighted by atomic mass is 16.7. The summed E-state index contributed by atoms with van der Waals surface area (Å²) in [7, 11) is 0. The number of rotatable bonds is 54. The summed E-state index contributed by atoms with van der Waals surface area (Å²) in [6, 6.07) is -1.06. The molecule has 11 heteroatoms. The minimum Gasteiger partial charge on any atom is -0.454 e. The van der Waals surface area contributed by atoms with E-state index >= 15 is 0 Å². The summed E-state index contributed by atoms with van der Waals surface area (Å²) in [5, 5.41) is 57.1. The zero-order valence-electron chi connectivity index (χ0n) is 52.3. The summed E-state index contributed by atoms with van der Waals surface area (Å²) in [6.07, 6.45) is 71.9. The van der Waals surface area contributed by atoms with Gasteiger partial charge < -0.3 is 45.1 Å². The third kappa shape index (κ3) is 45.8. The van der Waals surface area contributed by atoms with Crippen LogP contribution in [-0.4, -0.2) is 99.6 Å². The van der Waals surface area contributed by atoms with Gasteiger partial charge in [0.15, 0.2) is 12.4 Å². The number of nitrogens with one attached hydrogen (secondary N) is 1. The van der Waals surface area contributed by atoms with Crippen LogP contribution in [0.4, 0.5) is 0 Å². The smallest absolute Gasteiger partial charge is 0.306 e. The van der Waals surface area contributed by atoms with Crippen molar-refractivity contribution in [1.29, 1.82) is 0 Å². The van der Waals surface area contributed by atoms with E-state index < -0.39 is 67.4 Å². The van der Waals surface area contributed by atoms with Gasteiger partial charge in [-0.15, -0.1) is 0 Å². The zero-order valence-corrected chi connectivity index (χ0v) is 52.3. The fourth-order valence-corrected chi connectivity index (χ4v) is 9.34. The number of allylic oxidation sites excluding steroid dienone is 21. The Labute approximate surface area is 505 Å². The highest BCUT2D eigenvalue weighted by molar-refractivity contribution is 5.80. The number of amides is 1. The van der Waals surface area contributed by atoms with Crippen molar-refractivity contribution in [3.8, 4) is 0 Å². The lowest BCUT2D eigenvalue weighted by Crippen LogP contribution is -2.61. The largest absolute Gasteiger partial charge is 0.454 e. The SMILES string of the molecule is CC/C=C\C/C=C\C/C=C\C/C=C\C/C=C\C/C=C\CCCCCCC(=O)OC1C(OCC(NC(=O)C(O)CCCC/C=C\C/C=C\C/C=C\C/C=C\CCCCC)C(O)/C=C/CCCCCCCCCCCCC)OC(CO)C(O)C1O. The quantitative estimate of drug-likeness (QED) is 0.0195. The predicted molar refractivity (Wildman–Crippen MR) is 347 cm³/mol. The third-order valence-electron chi connectivity index (χ3n) is 14.5. The lowest BCUT2D eigenvalue weighted by molar-refractivity contribution is -0.305. The van der Waals surface area contributed by atoms with Crippen molar-refractivity contribution >= 4 is 11.9 Å². The molecule has 0 saturated carbocycles. The number of aliphatic hydroxyl groups is 5. The molecule has 6 N–H and O–H groups in total. The normalized spacial score (nSPS) is 19.4. The van der Waals surface area contributed by atoms with Gasteiger partial charge in [-0.3, -0.25) is 9.59 Å². The highest BCUT2D eigenvalue weighted by Crippen LogP contribution is 2.26. The van der Waals surface area contributed by atoms with Crippen LogP contribution < -0.4 is 5.32 Å². The molecular formula is C72H119NO10. The molecule has 0 spiro atoms. The standard InChI is InChI=1S/C72H119NO10/c1-4-7-10-13-16-19-22-25-27-29-31-32-33-34-35-37-39-42-45-48-51-54-57-60-67(77)83-70-69(79)68(78)66(61-74)82-72(70)81-62-63(64(75)58-55-52-49-46-43-40-24-21-18-15-12-9-6-3)73-71(80)65(76)59-56-53-50-47-44-41-38-36-30-28-26-23-20-17-14-11-8-5-2/h7,10,16-17,19-20,25-28,31-32,34-36,38-39,42,44,47,55,58,63-66,68-70,72,74-76,78-79H,4-6,8-9,11-15,18,21-24,29-30,33,37,40-41,43,45-46,48-54,56-57,59-62H2,1-3H3,(H,73,80)/b10-7-,19-16-,20-17-,27-25-,28-26-,32-31-,35-34-,38-36-,42-39-,47-44-,58-55+. The Kier molecular flexibility index (Phi) is 53.9. The Balaban J connectivity index is 2.71. The Morgan fingerprint density at radius 3 is 1.33 bits per heavy atom. The van der Waals surface area contributed by atoms with Crippen molar-refractivity contribution in [2.45, 2.75) is 294 Å². The second-order valence-corrected chi connectivity index (χ2v) is 22.1. The van der Waals surface area contributed by atoms with Crippen LogP contribution in [0.15, 0.2) is 134 Å². The Morgan fingerprint density at radius 2 is 0.867 bits per heavy atom. The molecule has 1 aliphatic heterocycles. The predicted octanol–water partition coefficient (Wildman–Crippen LogP) is 16.4. The van der Waals surface area contributed by atoms with Crippen molar-refractivity contribution < 1.29 is 49.3 Å². The van der Waals surface area contributed by atoms with Crippen LogP contribution in [0.25, 0.3) is 0 Å². The van der Waals surface area contributed by atoms with Crippen LogP contribution in [-0.2, 0) is 23.8 Å². The molecule has 1 rings (SSSR count). The summed E-state index contributed by atoms with van der Waals surface area (Å²) in [5.41, 5.74) is 0. The molecule has 472 valence electrons. The average molecular weight is 1160 g/mol. The summed E-state index contributed by atoms with van der Waals surface area (Å²) in [6.45, 7) is 5.61. The monoisotopic (exact) mass is 1160 g/mol. The van der Waals surface area contributed by atoms with E-state index in [1.165, 1.54) is 70.6 Å². The molecule has 83 heavy (non-hydrogen) atoms. The van der Waals surface area contributed by atoms with Crippen LogP contribution in [0, 0.1) is 0 Å². The van der Waals surface area contributed by atoms with E-state index in [1.807, 2.05) is 6.08 Å². The third-order valence-corrected chi connectivity index (χ3v) is 14.5. The lowest BCUT2D eigenvalue weighted by atomic mass is 9.99. The fourth-order valence-electron chi connectivity index (χ4n) is 9.34. The van der Waals surface area contributed by atoms with Gasteiger partial charge in [0.1, 0.15) is 24.4 Å². The number of hydrogen-bond donors (Lipinski definition) is 6. The molecule has 0 aromatic carbocycles. The van der Waals surface area contributed by atoms with E-state index in [2.05, 4.69) is 148 Å². The maximum Gasteiger partial charge on any atom is 0.306 e. The summed E-state index contributed by atoms with van der Waals surface area (Å²) >= 11 is 0. The minimum atomic E-state index is -1.64. The maximum absolute atomic E-state index is 13.4. The minimum absolute atomic E-state index is 0.0815. The molecule has 1 aliphatic rings. The molecule has 8 unspecified atom stereocenters. The first kappa shape index (κ1) is 76.8. The summed E-state index contributed by atoms with van der Waals surface area (Å²) < 4.78 is 17.6. The van der Waals surface area contributed by atoms with E-state index in [4.69, 9.17) is 14.2 Å². The first-order chi connectivity index (χ1) is 40.7. The Hall–Kier alpha value is -4.20. The number of hydrogen-bond acceptors (Lipinski definition) is 10. The molecule has 0 aromatic heterocycles. The first-order valence-electron chi connectivity index (χ1n) is 33.0. The van der Waals surface area contributed by atoms with Gasteiger partial charge in [-0.25, -0.2) is 0 Å². The van der Waals surface area contributed by atoms with Crippen molar-refractivity contribution in [1.82, 2.24) is 5.32 Å². The van der Waals surface area contributed by atoms with E-state index in [-0.39, 0.29) is 19.4 Å². The van der Waals surface area contributed by atoms with Gasteiger partial charge in [-0.2, -0.15) is 0 Å². The molecule has 0 aliphatic carbocycles. The van der Waals surface area contributed by atoms with Crippen LogP contribution in [0.5, 0.6) is 0 Å². The van der Waals surface area contributed by atoms with Crippen LogP contribution in [0.2, 0.25) is 0 Å². The molecule has 1 saturated heterocycles. The molecule has 0 aromatic rings. The van der Waals surface area contributed by atoms with Gasteiger partial charge in [0, 0.05) is 6.42 Å². The van der Waals surface area contributed by atoms with E-state index in [0.717, 1.165) is 128 Å². The van der Waals surface area contributed by atoms with E-state index in [0.29, 0.717) is 12.8 Å². The molecule has 11 nitrogen and oxygen atoms in total. The highest BCUT2D eigenvalue weighted by Gasteiger charge is 2.47. The van der Waals surface area contributed by atoms with Crippen molar-refractivity contribution in [2.24, 2.45) is 0 Å². The van der Waals surface area contributed by atoms with Crippen LogP contribution in [0.3, 0.4) is 0 Å². The summed E-state index contributed by atoms with van der Waals surface area (Å²) in [5.74, 6) is -1.26.